The number of nitrogens with one attached hydrogen (secondary N) is 1. The Labute approximate surface area is 182 Å². The Morgan fingerprint density at radius 2 is 2.00 bits per heavy atom. The molecule has 7 heteroatoms. The summed E-state index contributed by atoms with van der Waals surface area (Å²) in [7, 11) is 3.27. The van der Waals surface area contributed by atoms with Crippen LogP contribution in [0, 0.1) is 0 Å². The molecule has 6 nitrogen and oxygen atoms in total. The highest BCUT2D eigenvalue weighted by atomic mass is 32.1. The molecular weight excluding hydrogens is 400 g/mol. The molecular formula is C23H30N2O4S. The van der Waals surface area contributed by atoms with Crippen molar-refractivity contribution < 1.29 is 19.1 Å². The number of likely N-dealkylation sites (tertiary alicyclic amines) is 1. The molecule has 162 valence electrons. The quantitative estimate of drug-likeness (QED) is 0.655. The van der Waals surface area contributed by atoms with E-state index in [4.69, 9.17) is 9.47 Å². The first kappa shape index (κ1) is 22.2. The first-order valence-electron chi connectivity index (χ1n) is 10.4. The summed E-state index contributed by atoms with van der Waals surface area (Å²) in [4.78, 5) is 27.5. The van der Waals surface area contributed by atoms with E-state index in [0.717, 1.165) is 50.1 Å². The molecule has 1 atom stereocenters. The van der Waals surface area contributed by atoms with Crippen molar-refractivity contribution in [3.05, 3.63) is 46.2 Å². The average molecular weight is 431 g/mol. The summed E-state index contributed by atoms with van der Waals surface area (Å²) >= 11 is 1.40. The van der Waals surface area contributed by atoms with Crippen LogP contribution in [0.1, 0.15) is 47.3 Å². The number of hydrogen-bond acceptors (Lipinski definition) is 5. The number of nitrogens with zero attached hydrogens (tertiary/aromatic N) is 1. The van der Waals surface area contributed by atoms with Gasteiger partial charge in [-0.05, 0) is 61.2 Å². The van der Waals surface area contributed by atoms with E-state index >= 15 is 0 Å². The predicted octanol–water partition coefficient (Wildman–Crippen LogP) is 3.90. The van der Waals surface area contributed by atoms with Crippen molar-refractivity contribution in [2.24, 2.45) is 0 Å². The second kappa shape index (κ2) is 11.0. The van der Waals surface area contributed by atoms with Crippen molar-refractivity contribution in [2.75, 3.05) is 27.3 Å². The average Bonchev–Trinajstić information content (AvgIpc) is 3.32. The molecule has 2 amide bonds. The van der Waals surface area contributed by atoms with Crippen molar-refractivity contribution in [3.63, 3.8) is 0 Å². The first-order chi connectivity index (χ1) is 14.6. The Morgan fingerprint density at radius 3 is 2.73 bits per heavy atom. The molecule has 2 aromatic rings. The van der Waals surface area contributed by atoms with Crippen LogP contribution in [0.25, 0.3) is 0 Å². The van der Waals surface area contributed by atoms with E-state index in [1.807, 2.05) is 28.5 Å². The van der Waals surface area contributed by atoms with E-state index in [9.17, 15) is 9.59 Å². The van der Waals surface area contributed by atoms with E-state index in [0.29, 0.717) is 17.8 Å². The van der Waals surface area contributed by atoms with Gasteiger partial charge >= 0.3 is 0 Å². The number of hydrogen-bond donors (Lipinski definition) is 1. The second-order valence-corrected chi connectivity index (χ2v) is 8.40. The van der Waals surface area contributed by atoms with Gasteiger partial charge in [-0.1, -0.05) is 12.1 Å². The van der Waals surface area contributed by atoms with Crippen LogP contribution < -0.4 is 14.8 Å². The summed E-state index contributed by atoms with van der Waals surface area (Å²) in [5.74, 6) is 1.47. The molecule has 0 aliphatic carbocycles. The zero-order valence-corrected chi connectivity index (χ0v) is 18.5. The van der Waals surface area contributed by atoms with Crippen molar-refractivity contribution in [2.45, 2.75) is 44.6 Å². The molecule has 0 unspecified atom stereocenters. The molecule has 0 spiro atoms. The largest absolute Gasteiger partial charge is 0.493 e. The van der Waals surface area contributed by atoms with Gasteiger partial charge in [-0.25, -0.2) is 0 Å². The van der Waals surface area contributed by atoms with Crippen LogP contribution in [-0.4, -0.2) is 50.1 Å². The van der Waals surface area contributed by atoms with Crippen LogP contribution in [-0.2, 0) is 11.2 Å². The summed E-state index contributed by atoms with van der Waals surface area (Å²) in [6, 6.07) is 9.86. The van der Waals surface area contributed by atoms with E-state index in [-0.39, 0.29) is 17.9 Å². The number of benzene rings is 1. The number of amides is 2. The van der Waals surface area contributed by atoms with Crippen LogP contribution in [0.5, 0.6) is 11.5 Å². The van der Waals surface area contributed by atoms with Crippen molar-refractivity contribution in [1.29, 1.82) is 0 Å². The zero-order chi connectivity index (χ0) is 21.3. The lowest BCUT2D eigenvalue weighted by Crippen LogP contribution is -2.45. The molecule has 30 heavy (non-hydrogen) atoms. The normalized spacial score (nSPS) is 16.2. The minimum atomic E-state index is -0.110. The fourth-order valence-corrected chi connectivity index (χ4v) is 4.56. The van der Waals surface area contributed by atoms with Gasteiger partial charge in [-0.3, -0.25) is 9.59 Å². The Morgan fingerprint density at radius 1 is 1.17 bits per heavy atom. The van der Waals surface area contributed by atoms with Gasteiger partial charge in [0.2, 0.25) is 5.91 Å². The molecule has 1 aliphatic rings. The molecule has 3 rings (SSSR count). The Bertz CT molecular complexity index is 838. The van der Waals surface area contributed by atoms with Gasteiger partial charge in [0.1, 0.15) is 0 Å². The molecule has 0 saturated carbocycles. The van der Waals surface area contributed by atoms with E-state index in [1.165, 1.54) is 16.9 Å². The number of methoxy groups -OCH3 is 2. The Kier molecular flexibility index (Phi) is 8.13. The lowest BCUT2D eigenvalue weighted by Gasteiger charge is -2.36. The fraction of sp³-hybridized carbons (Fsp3) is 0.478. The van der Waals surface area contributed by atoms with Gasteiger partial charge in [0.15, 0.2) is 11.5 Å². The molecule has 2 heterocycles. The van der Waals surface area contributed by atoms with E-state index < -0.39 is 0 Å². The van der Waals surface area contributed by atoms with Crippen molar-refractivity contribution in [1.82, 2.24) is 10.2 Å². The Balaban J connectivity index is 1.51. The van der Waals surface area contributed by atoms with Crippen LogP contribution in [0.3, 0.4) is 0 Å². The van der Waals surface area contributed by atoms with Crippen LogP contribution >= 0.6 is 11.3 Å². The van der Waals surface area contributed by atoms with Gasteiger partial charge in [-0.2, -0.15) is 0 Å². The number of thiophene rings is 1. The van der Waals surface area contributed by atoms with Gasteiger partial charge in [-0.15, -0.1) is 11.3 Å². The zero-order valence-electron chi connectivity index (χ0n) is 17.7. The Hall–Kier alpha value is -2.54. The standard InChI is InChI=1S/C23H30N2O4S/c1-28-19-11-9-17(16-20(19)29-2)8-10-18-6-3-4-14-25(18)22(26)12-13-24-23(27)21-7-5-15-30-21/h5,7,9,11,15-16,18H,3-4,6,8,10,12-14H2,1-2H3,(H,24,27)/t18-/m1/s1. The van der Waals surface area contributed by atoms with Crippen LogP contribution in [0.15, 0.2) is 35.7 Å². The monoisotopic (exact) mass is 430 g/mol. The van der Waals surface area contributed by atoms with Gasteiger partial charge in [0.25, 0.3) is 5.91 Å². The van der Waals surface area contributed by atoms with Crippen LogP contribution in [0.4, 0.5) is 0 Å². The number of carbonyl (C=O) groups is 2. The summed E-state index contributed by atoms with van der Waals surface area (Å²) in [5, 5.41) is 4.72. The minimum absolute atomic E-state index is 0.110. The topological polar surface area (TPSA) is 67.9 Å². The highest BCUT2D eigenvalue weighted by Crippen LogP contribution is 2.29. The third-order valence-corrected chi connectivity index (χ3v) is 6.40. The number of rotatable bonds is 9. The maximum atomic E-state index is 12.8. The number of piperidine rings is 1. The van der Waals surface area contributed by atoms with Crippen molar-refractivity contribution >= 4 is 23.2 Å². The maximum Gasteiger partial charge on any atom is 0.261 e. The predicted molar refractivity (Wildman–Crippen MR) is 118 cm³/mol. The van der Waals surface area contributed by atoms with Crippen molar-refractivity contribution in [3.8, 4) is 11.5 Å². The van der Waals surface area contributed by atoms with E-state index in [2.05, 4.69) is 11.4 Å². The summed E-state index contributed by atoms with van der Waals surface area (Å²) in [6.45, 7) is 1.17. The smallest absolute Gasteiger partial charge is 0.261 e. The molecule has 1 aromatic heterocycles. The number of ether oxygens (including phenoxy) is 2. The first-order valence-corrected chi connectivity index (χ1v) is 11.3. The summed E-state index contributed by atoms with van der Waals surface area (Å²) in [5.41, 5.74) is 1.17. The number of carbonyl (C=O) groups excluding carboxylic acids is 2. The SMILES string of the molecule is COc1ccc(CC[C@H]2CCCCN2C(=O)CCNC(=O)c2cccs2)cc1OC. The van der Waals surface area contributed by atoms with E-state index in [1.54, 1.807) is 20.3 Å². The number of aryl methyl sites for hydroxylation is 1. The summed E-state index contributed by atoms with van der Waals surface area (Å²) in [6.07, 6.45) is 5.35. The molecule has 0 radical (unpaired) electrons. The molecule has 1 fully saturated rings. The third-order valence-electron chi connectivity index (χ3n) is 5.53. The third kappa shape index (κ3) is 5.75. The highest BCUT2D eigenvalue weighted by molar-refractivity contribution is 7.12. The lowest BCUT2D eigenvalue weighted by atomic mass is 9.95. The lowest BCUT2D eigenvalue weighted by molar-refractivity contribution is -0.134. The molecule has 1 aliphatic heterocycles. The van der Waals surface area contributed by atoms with Gasteiger partial charge in [0, 0.05) is 25.6 Å². The van der Waals surface area contributed by atoms with Gasteiger partial charge < -0.3 is 19.7 Å². The van der Waals surface area contributed by atoms with Gasteiger partial charge in [0.05, 0.1) is 19.1 Å². The van der Waals surface area contributed by atoms with Crippen LogP contribution in [0.2, 0.25) is 0 Å². The molecule has 1 aromatic carbocycles. The summed E-state index contributed by atoms with van der Waals surface area (Å²) < 4.78 is 10.7. The highest BCUT2D eigenvalue weighted by Gasteiger charge is 2.26. The molecule has 1 N–H and O–H groups in total. The fourth-order valence-electron chi connectivity index (χ4n) is 3.92. The minimum Gasteiger partial charge on any atom is -0.493 e. The second-order valence-electron chi connectivity index (χ2n) is 7.45. The molecule has 0 bridgehead atoms. The maximum absolute atomic E-state index is 12.8. The molecule has 1 saturated heterocycles.